The van der Waals surface area contributed by atoms with Gasteiger partial charge in [0.2, 0.25) is 0 Å². The van der Waals surface area contributed by atoms with Crippen LogP contribution in [0, 0.1) is 11.8 Å². The lowest BCUT2D eigenvalue weighted by Crippen LogP contribution is -2.35. The predicted octanol–water partition coefficient (Wildman–Crippen LogP) is 2.81. The van der Waals surface area contributed by atoms with Crippen LogP contribution < -0.4 is 5.32 Å². The first-order chi connectivity index (χ1) is 8.40. The number of halogens is 3. The zero-order valence-corrected chi connectivity index (χ0v) is 10.3. The molecule has 106 valence electrons. The fraction of sp³-hybridized carbons (Fsp3) is 0.917. The van der Waals surface area contributed by atoms with Crippen molar-refractivity contribution in [2.45, 2.75) is 44.7 Å². The molecule has 2 unspecified atom stereocenters. The van der Waals surface area contributed by atoms with Gasteiger partial charge < -0.3 is 10.4 Å². The van der Waals surface area contributed by atoms with Gasteiger partial charge in [-0.3, -0.25) is 4.79 Å². The Morgan fingerprint density at radius 1 is 1.28 bits per heavy atom. The summed E-state index contributed by atoms with van der Waals surface area (Å²) in [6, 6.07) is 0. The summed E-state index contributed by atoms with van der Waals surface area (Å²) in [5.74, 6) is -1.06. The average molecular weight is 267 g/mol. The molecular weight excluding hydrogens is 247 g/mol. The van der Waals surface area contributed by atoms with Gasteiger partial charge >= 0.3 is 12.1 Å². The summed E-state index contributed by atoms with van der Waals surface area (Å²) in [6.45, 7) is 0.803. The maximum Gasteiger partial charge on any atom is 0.389 e. The van der Waals surface area contributed by atoms with E-state index >= 15 is 0 Å². The molecule has 0 radical (unpaired) electrons. The van der Waals surface area contributed by atoms with Crippen LogP contribution in [-0.4, -0.2) is 30.3 Å². The van der Waals surface area contributed by atoms with Crippen molar-refractivity contribution in [1.29, 1.82) is 0 Å². The molecule has 2 atom stereocenters. The van der Waals surface area contributed by atoms with Gasteiger partial charge in [0, 0.05) is 6.42 Å². The van der Waals surface area contributed by atoms with Gasteiger partial charge in [-0.1, -0.05) is 12.8 Å². The van der Waals surface area contributed by atoms with E-state index in [2.05, 4.69) is 5.32 Å². The Labute approximate surface area is 105 Å². The Morgan fingerprint density at radius 3 is 2.56 bits per heavy atom. The maximum atomic E-state index is 11.9. The minimum atomic E-state index is -4.10. The molecule has 0 spiro atoms. The number of carboxylic acids is 1. The molecule has 2 N–H and O–H groups in total. The van der Waals surface area contributed by atoms with Gasteiger partial charge in [0.15, 0.2) is 0 Å². The summed E-state index contributed by atoms with van der Waals surface area (Å²) in [7, 11) is 0. The van der Waals surface area contributed by atoms with Crippen molar-refractivity contribution in [3.05, 3.63) is 0 Å². The van der Waals surface area contributed by atoms with Crippen molar-refractivity contribution in [3.63, 3.8) is 0 Å². The Morgan fingerprint density at radius 2 is 1.94 bits per heavy atom. The highest BCUT2D eigenvalue weighted by molar-refractivity contribution is 5.70. The summed E-state index contributed by atoms with van der Waals surface area (Å²) in [4.78, 5) is 11.0. The standard InChI is InChI=1S/C12H20F3NO2/c13-12(14,15)6-3-7-16-8-9-4-1-2-5-10(9)11(17)18/h9-10,16H,1-8H2,(H,17,18). The monoisotopic (exact) mass is 267 g/mol. The number of hydrogen-bond acceptors (Lipinski definition) is 2. The molecular formula is C12H20F3NO2. The van der Waals surface area contributed by atoms with E-state index in [0.29, 0.717) is 19.5 Å². The first kappa shape index (κ1) is 15.3. The normalized spacial score (nSPS) is 25.1. The maximum absolute atomic E-state index is 11.9. The molecule has 18 heavy (non-hydrogen) atoms. The highest BCUT2D eigenvalue weighted by Crippen LogP contribution is 2.29. The Kier molecular flexibility index (Phi) is 5.91. The van der Waals surface area contributed by atoms with Crippen LogP contribution in [0.15, 0.2) is 0 Å². The largest absolute Gasteiger partial charge is 0.481 e. The van der Waals surface area contributed by atoms with E-state index in [1.54, 1.807) is 0 Å². The van der Waals surface area contributed by atoms with Gasteiger partial charge in [-0.15, -0.1) is 0 Å². The van der Waals surface area contributed by atoms with Gasteiger partial charge in [-0.2, -0.15) is 13.2 Å². The molecule has 0 aromatic carbocycles. The average Bonchev–Trinajstić information content (AvgIpc) is 2.27. The van der Waals surface area contributed by atoms with Crippen molar-refractivity contribution in [2.24, 2.45) is 11.8 Å². The number of alkyl halides is 3. The Bertz CT molecular complexity index is 269. The highest BCUT2D eigenvalue weighted by Gasteiger charge is 2.30. The van der Waals surface area contributed by atoms with Crippen molar-refractivity contribution < 1.29 is 23.1 Å². The van der Waals surface area contributed by atoms with Gasteiger partial charge in [0.05, 0.1) is 5.92 Å². The van der Waals surface area contributed by atoms with Crippen molar-refractivity contribution in [3.8, 4) is 0 Å². The second kappa shape index (κ2) is 6.97. The summed E-state index contributed by atoms with van der Waals surface area (Å²) >= 11 is 0. The molecule has 0 saturated heterocycles. The van der Waals surface area contributed by atoms with E-state index in [9.17, 15) is 18.0 Å². The Hall–Kier alpha value is -0.780. The molecule has 0 bridgehead atoms. The third-order valence-corrected chi connectivity index (χ3v) is 3.45. The van der Waals surface area contributed by atoms with Gasteiger partial charge in [0.1, 0.15) is 0 Å². The first-order valence-electron chi connectivity index (χ1n) is 6.40. The minimum Gasteiger partial charge on any atom is -0.481 e. The van der Waals surface area contributed by atoms with Crippen molar-refractivity contribution in [2.75, 3.05) is 13.1 Å². The smallest absolute Gasteiger partial charge is 0.389 e. The number of carboxylic acid groups (broad SMARTS) is 1. The number of carbonyl (C=O) groups is 1. The molecule has 0 amide bonds. The second-order valence-electron chi connectivity index (χ2n) is 4.91. The predicted molar refractivity (Wildman–Crippen MR) is 61.2 cm³/mol. The number of aliphatic carboxylic acids is 1. The first-order valence-corrected chi connectivity index (χ1v) is 6.40. The third-order valence-electron chi connectivity index (χ3n) is 3.45. The lowest BCUT2D eigenvalue weighted by Gasteiger charge is -2.28. The Balaban J connectivity index is 2.19. The summed E-state index contributed by atoms with van der Waals surface area (Å²) in [5.41, 5.74) is 0. The highest BCUT2D eigenvalue weighted by atomic mass is 19.4. The van der Waals surface area contributed by atoms with Crippen LogP contribution in [0.25, 0.3) is 0 Å². The van der Waals surface area contributed by atoms with Gasteiger partial charge in [0.25, 0.3) is 0 Å². The van der Waals surface area contributed by atoms with Crippen LogP contribution in [0.4, 0.5) is 13.2 Å². The SMILES string of the molecule is O=C(O)C1CCCCC1CNCCCC(F)(F)F. The molecule has 1 saturated carbocycles. The van der Waals surface area contributed by atoms with Crippen LogP contribution in [-0.2, 0) is 4.79 Å². The van der Waals surface area contributed by atoms with E-state index in [0.717, 1.165) is 19.3 Å². The molecule has 0 heterocycles. The fourth-order valence-electron chi connectivity index (χ4n) is 2.48. The van der Waals surface area contributed by atoms with Crippen LogP contribution in [0.2, 0.25) is 0 Å². The van der Waals surface area contributed by atoms with Gasteiger partial charge in [-0.05, 0) is 38.3 Å². The van der Waals surface area contributed by atoms with E-state index in [4.69, 9.17) is 5.11 Å². The van der Waals surface area contributed by atoms with Crippen molar-refractivity contribution in [1.82, 2.24) is 5.32 Å². The van der Waals surface area contributed by atoms with E-state index in [1.807, 2.05) is 0 Å². The molecule has 0 aromatic heterocycles. The van der Waals surface area contributed by atoms with E-state index < -0.39 is 18.6 Å². The molecule has 0 aromatic rings. The number of hydrogen-bond donors (Lipinski definition) is 2. The topological polar surface area (TPSA) is 49.3 Å². The second-order valence-corrected chi connectivity index (χ2v) is 4.91. The lowest BCUT2D eigenvalue weighted by atomic mass is 9.79. The van der Waals surface area contributed by atoms with Crippen LogP contribution in [0.1, 0.15) is 38.5 Å². The molecule has 1 fully saturated rings. The zero-order valence-electron chi connectivity index (χ0n) is 10.3. The zero-order chi connectivity index (χ0) is 13.6. The van der Waals surface area contributed by atoms with Crippen LogP contribution >= 0.6 is 0 Å². The van der Waals surface area contributed by atoms with Gasteiger partial charge in [-0.25, -0.2) is 0 Å². The number of rotatable bonds is 6. The molecule has 6 heteroatoms. The quantitative estimate of drug-likeness (QED) is 0.727. The van der Waals surface area contributed by atoms with Crippen LogP contribution in [0.5, 0.6) is 0 Å². The van der Waals surface area contributed by atoms with E-state index in [1.165, 1.54) is 0 Å². The minimum absolute atomic E-state index is 0.0496. The molecule has 1 aliphatic carbocycles. The third kappa shape index (κ3) is 5.71. The van der Waals surface area contributed by atoms with Crippen LogP contribution in [0.3, 0.4) is 0 Å². The summed E-state index contributed by atoms with van der Waals surface area (Å²) in [5, 5.41) is 12.0. The molecule has 1 aliphatic rings. The number of nitrogens with one attached hydrogen (secondary N) is 1. The fourth-order valence-corrected chi connectivity index (χ4v) is 2.48. The summed E-state index contributed by atoms with van der Waals surface area (Å²) in [6.07, 6.45) is -1.36. The molecule has 1 rings (SSSR count). The van der Waals surface area contributed by atoms with Crippen molar-refractivity contribution >= 4 is 5.97 Å². The lowest BCUT2D eigenvalue weighted by molar-refractivity contribution is -0.144. The molecule has 3 nitrogen and oxygen atoms in total. The molecule has 0 aliphatic heterocycles. The van der Waals surface area contributed by atoms with E-state index in [-0.39, 0.29) is 18.3 Å². The summed E-state index contributed by atoms with van der Waals surface area (Å²) < 4.78 is 35.7.